The van der Waals surface area contributed by atoms with Crippen molar-refractivity contribution >= 4 is 16.4 Å². The third kappa shape index (κ3) is 4.30. The van der Waals surface area contributed by atoms with Gasteiger partial charge in [0.05, 0.1) is 11.8 Å². The van der Waals surface area contributed by atoms with Gasteiger partial charge in [0.2, 0.25) is 16.4 Å². The molecular weight excluding hydrogens is 352 g/mol. The summed E-state index contributed by atoms with van der Waals surface area (Å²) in [5, 5.41) is 10.3. The summed E-state index contributed by atoms with van der Waals surface area (Å²) in [7, 11) is -3.61. The fourth-order valence-corrected chi connectivity index (χ4v) is 4.89. The minimum atomic E-state index is -3.61. The number of hydrogen-bond acceptors (Lipinski definition) is 4. The van der Waals surface area contributed by atoms with Crippen LogP contribution in [0.3, 0.4) is 0 Å². The molecule has 0 fully saturated rings. The summed E-state index contributed by atoms with van der Waals surface area (Å²) in [5.41, 5.74) is 3.02. The molecule has 1 aliphatic rings. The fourth-order valence-electron chi connectivity index (χ4n) is 3.20. The third-order valence-electron chi connectivity index (χ3n) is 4.70. The molecule has 2 aromatic carbocycles. The van der Waals surface area contributed by atoms with Crippen molar-refractivity contribution in [3.63, 3.8) is 0 Å². The number of nitrogens with zero attached hydrogens (tertiary/aromatic N) is 2. The standard InChI is InChI=1S/C19H22N2O4S/c22-15-21(23)19(11-10-16-6-2-1-3-7-16)14-26(24,25)20-12-17-8-4-5-9-18(17)13-20/h1-9,15,19,23H,10-14H2. The molecule has 1 N–H and O–H groups in total. The molecule has 0 saturated heterocycles. The molecule has 1 amide bonds. The molecule has 2 aromatic rings. The minimum absolute atomic E-state index is 0.268. The van der Waals surface area contributed by atoms with Crippen LogP contribution in [0, 0.1) is 0 Å². The van der Waals surface area contributed by atoms with Crippen molar-refractivity contribution in [2.24, 2.45) is 0 Å². The highest BCUT2D eigenvalue weighted by Crippen LogP contribution is 2.26. The Labute approximate surface area is 153 Å². The number of hydroxylamine groups is 2. The summed E-state index contributed by atoms with van der Waals surface area (Å²) >= 11 is 0. The van der Waals surface area contributed by atoms with Gasteiger partial charge in [-0.15, -0.1) is 0 Å². The number of aryl methyl sites for hydroxylation is 1. The van der Waals surface area contributed by atoms with Crippen LogP contribution >= 0.6 is 0 Å². The van der Waals surface area contributed by atoms with Crippen molar-refractivity contribution in [3.8, 4) is 0 Å². The Morgan fingerprint density at radius 1 is 1.04 bits per heavy atom. The summed E-state index contributed by atoms with van der Waals surface area (Å²) in [6, 6.07) is 16.4. The Hall–Kier alpha value is -2.22. The van der Waals surface area contributed by atoms with Crippen molar-refractivity contribution in [2.75, 3.05) is 5.75 Å². The monoisotopic (exact) mass is 374 g/mol. The van der Waals surface area contributed by atoms with Crippen LogP contribution in [-0.4, -0.2) is 41.2 Å². The number of amides is 1. The van der Waals surface area contributed by atoms with Gasteiger partial charge >= 0.3 is 0 Å². The van der Waals surface area contributed by atoms with E-state index in [9.17, 15) is 18.4 Å². The number of sulfonamides is 1. The van der Waals surface area contributed by atoms with Crippen molar-refractivity contribution < 1.29 is 18.4 Å². The van der Waals surface area contributed by atoms with E-state index >= 15 is 0 Å². The smallest absolute Gasteiger partial charge is 0.233 e. The zero-order valence-electron chi connectivity index (χ0n) is 14.4. The van der Waals surface area contributed by atoms with E-state index in [1.54, 1.807) is 0 Å². The Morgan fingerprint density at radius 3 is 2.19 bits per heavy atom. The van der Waals surface area contributed by atoms with Gasteiger partial charge in [-0.05, 0) is 29.5 Å². The van der Waals surface area contributed by atoms with Crippen LogP contribution in [-0.2, 0) is 34.3 Å². The van der Waals surface area contributed by atoms with Gasteiger partial charge in [-0.2, -0.15) is 4.31 Å². The zero-order valence-corrected chi connectivity index (χ0v) is 15.2. The number of benzene rings is 2. The minimum Gasteiger partial charge on any atom is -0.286 e. The predicted octanol–water partition coefficient (Wildman–Crippen LogP) is 2.18. The molecule has 0 bridgehead atoms. The van der Waals surface area contributed by atoms with Gasteiger partial charge < -0.3 is 0 Å². The van der Waals surface area contributed by atoms with E-state index in [1.165, 1.54) is 4.31 Å². The lowest BCUT2D eigenvalue weighted by molar-refractivity contribution is -0.158. The summed E-state index contributed by atoms with van der Waals surface area (Å²) < 4.78 is 27.0. The largest absolute Gasteiger partial charge is 0.286 e. The maximum atomic E-state index is 12.8. The van der Waals surface area contributed by atoms with E-state index in [1.807, 2.05) is 54.6 Å². The SMILES string of the molecule is O=CN(O)C(CCc1ccccc1)CS(=O)(=O)N1Cc2ccccc2C1. The molecule has 0 aliphatic carbocycles. The summed E-state index contributed by atoms with van der Waals surface area (Å²) in [6.07, 6.45) is 1.20. The molecule has 0 spiro atoms. The first-order valence-electron chi connectivity index (χ1n) is 8.50. The van der Waals surface area contributed by atoms with E-state index in [-0.39, 0.29) is 12.2 Å². The van der Waals surface area contributed by atoms with Crippen LogP contribution in [0.2, 0.25) is 0 Å². The molecule has 138 valence electrons. The Kier molecular flexibility index (Phi) is 5.70. The molecule has 6 nitrogen and oxygen atoms in total. The Morgan fingerprint density at radius 2 is 1.62 bits per heavy atom. The van der Waals surface area contributed by atoms with E-state index in [0.717, 1.165) is 16.7 Å². The van der Waals surface area contributed by atoms with Crippen molar-refractivity contribution in [3.05, 3.63) is 71.3 Å². The maximum Gasteiger partial charge on any atom is 0.233 e. The van der Waals surface area contributed by atoms with E-state index in [0.29, 0.717) is 31.0 Å². The average Bonchev–Trinajstić information content (AvgIpc) is 3.10. The zero-order chi connectivity index (χ0) is 18.6. The van der Waals surface area contributed by atoms with Gasteiger partial charge in [-0.3, -0.25) is 10.0 Å². The number of carbonyl (C=O) groups excluding carboxylic acids is 1. The molecule has 0 saturated carbocycles. The molecule has 26 heavy (non-hydrogen) atoms. The fraction of sp³-hybridized carbons (Fsp3) is 0.316. The van der Waals surface area contributed by atoms with Gasteiger partial charge in [0.1, 0.15) is 0 Å². The normalized spacial score (nSPS) is 15.4. The quantitative estimate of drug-likeness (QED) is 0.436. The van der Waals surface area contributed by atoms with Gasteiger partial charge in [-0.1, -0.05) is 54.6 Å². The molecule has 1 unspecified atom stereocenters. The highest BCUT2D eigenvalue weighted by molar-refractivity contribution is 7.89. The van der Waals surface area contributed by atoms with Crippen molar-refractivity contribution in [2.45, 2.75) is 32.0 Å². The highest BCUT2D eigenvalue weighted by atomic mass is 32.2. The van der Waals surface area contributed by atoms with Gasteiger partial charge in [-0.25, -0.2) is 13.5 Å². The second-order valence-corrected chi connectivity index (χ2v) is 8.49. The van der Waals surface area contributed by atoms with Crippen LogP contribution in [0.1, 0.15) is 23.1 Å². The van der Waals surface area contributed by atoms with E-state index in [2.05, 4.69) is 0 Å². The number of fused-ring (bicyclic) bond motifs is 1. The number of rotatable bonds is 8. The first kappa shape index (κ1) is 18.6. The lowest BCUT2D eigenvalue weighted by Crippen LogP contribution is -2.41. The molecule has 1 atom stereocenters. The second kappa shape index (κ2) is 7.99. The lowest BCUT2D eigenvalue weighted by Gasteiger charge is -2.25. The Bertz CT molecular complexity index is 830. The first-order valence-corrected chi connectivity index (χ1v) is 10.1. The second-order valence-electron chi connectivity index (χ2n) is 6.48. The first-order chi connectivity index (χ1) is 12.5. The third-order valence-corrected chi connectivity index (χ3v) is 6.55. The Balaban J connectivity index is 1.69. The molecule has 0 radical (unpaired) electrons. The summed E-state index contributed by atoms with van der Waals surface area (Å²) in [6.45, 7) is 0.660. The molecule has 0 aromatic heterocycles. The van der Waals surface area contributed by atoms with Crippen molar-refractivity contribution in [1.82, 2.24) is 9.37 Å². The molecule has 7 heteroatoms. The maximum absolute atomic E-state index is 12.8. The van der Waals surface area contributed by atoms with E-state index < -0.39 is 16.1 Å². The van der Waals surface area contributed by atoms with Crippen LogP contribution in [0.4, 0.5) is 0 Å². The van der Waals surface area contributed by atoms with Crippen LogP contribution < -0.4 is 0 Å². The van der Waals surface area contributed by atoms with E-state index in [4.69, 9.17) is 0 Å². The topological polar surface area (TPSA) is 77.9 Å². The molecule has 3 rings (SSSR count). The van der Waals surface area contributed by atoms with Crippen LogP contribution in [0.15, 0.2) is 54.6 Å². The molecular formula is C19H22N2O4S. The lowest BCUT2D eigenvalue weighted by atomic mass is 10.1. The van der Waals surface area contributed by atoms with Crippen LogP contribution in [0.5, 0.6) is 0 Å². The van der Waals surface area contributed by atoms with Gasteiger partial charge in [0.25, 0.3) is 0 Å². The van der Waals surface area contributed by atoms with Crippen LogP contribution in [0.25, 0.3) is 0 Å². The van der Waals surface area contributed by atoms with Crippen molar-refractivity contribution in [1.29, 1.82) is 0 Å². The number of carbonyl (C=O) groups is 1. The van der Waals surface area contributed by atoms with Gasteiger partial charge in [0, 0.05) is 13.1 Å². The highest BCUT2D eigenvalue weighted by Gasteiger charge is 2.32. The van der Waals surface area contributed by atoms with Gasteiger partial charge in [0.15, 0.2) is 0 Å². The molecule has 1 heterocycles. The summed E-state index contributed by atoms with van der Waals surface area (Å²) in [5.74, 6) is -0.303. The summed E-state index contributed by atoms with van der Waals surface area (Å²) in [4.78, 5) is 11.0. The number of hydrogen-bond donors (Lipinski definition) is 1. The molecule has 1 aliphatic heterocycles. The average molecular weight is 374 g/mol. The predicted molar refractivity (Wildman–Crippen MR) is 97.7 cm³/mol.